The zero-order chi connectivity index (χ0) is 13.1. The lowest BCUT2D eigenvalue weighted by Crippen LogP contribution is -2.33. The molecule has 0 unspecified atom stereocenters. The third-order valence-corrected chi connectivity index (χ3v) is 2.25. The van der Waals surface area contributed by atoms with Crippen molar-refractivity contribution < 1.29 is 14.2 Å². The van der Waals surface area contributed by atoms with Crippen molar-refractivity contribution in [1.29, 1.82) is 0 Å². The minimum atomic E-state index is -0.376. The normalized spacial score (nSPS) is 11.6. The second kappa shape index (κ2) is 5.31. The average Bonchev–Trinajstić information content (AvgIpc) is 2.52. The maximum Gasteiger partial charge on any atom is 0.243 e. The van der Waals surface area contributed by atoms with E-state index >= 15 is 0 Å². The van der Waals surface area contributed by atoms with Crippen LogP contribution in [0.3, 0.4) is 0 Å². The molecule has 0 aliphatic carbocycles. The number of rotatable bonds is 4. The molecule has 0 radical (unpaired) electrons. The maximum absolute atomic E-state index is 11.5. The molecule has 0 saturated heterocycles. The van der Waals surface area contributed by atoms with Gasteiger partial charge in [0.15, 0.2) is 0 Å². The number of aryl methyl sites for hydroxylation is 2. The zero-order valence-electron chi connectivity index (χ0n) is 11.1. The first kappa shape index (κ1) is 13.7. The highest BCUT2D eigenvalue weighted by atomic mass is 16.7. The molecule has 0 spiro atoms. The monoisotopic (exact) mass is 240 g/mol. The van der Waals surface area contributed by atoms with Crippen LogP contribution in [0.1, 0.15) is 44.2 Å². The van der Waals surface area contributed by atoms with Crippen LogP contribution in [0.15, 0.2) is 4.52 Å². The van der Waals surface area contributed by atoms with Gasteiger partial charge in [-0.05, 0) is 41.0 Å². The van der Waals surface area contributed by atoms with Crippen LogP contribution in [0, 0.1) is 13.8 Å². The molecular formula is C12H20N2O3. The molecule has 5 heteroatoms. The number of hydrogen-bond acceptors (Lipinski definition) is 4. The van der Waals surface area contributed by atoms with Crippen LogP contribution in [-0.2, 0) is 16.1 Å². The molecule has 1 aromatic heterocycles. The summed E-state index contributed by atoms with van der Waals surface area (Å²) in [6, 6.07) is 0. The molecular weight excluding hydrogens is 220 g/mol. The number of hydroxylamine groups is 1. The Bertz CT molecular complexity index is 371. The fraction of sp³-hybridized carbons (Fsp3) is 0.667. The Kier molecular flexibility index (Phi) is 4.28. The molecule has 17 heavy (non-hydrogen) atoms. The molecule has 1 heterocycles. The SMILES string of the molecule is Cc1noc(C)c1CCC(=O)NOC(C)(C)C. The van der Waals surface area contributed by atoms with Gasteiger partial charge in [0.25, 0.3) is 0 Å². The summed E-state index contributed by atoms with van der Waals surface area (Å²) >= 11 is 0. The Morgan fingerprint density at radius 1 is 1.41 bits per heavy atom. The predicted molar refractivity (Wildman–Crippen MR) is 63.3 cm³/mol. The standard InChI is InChI=1S/C12H20N2O3/c1-8-10(9(2)16-13-8)6-7-11(15)14-17-12(3,4)5/h6-7H2,1-5H3,(H,14,15). The van der Waals surface area contributed by atoms with Gasteiger partial charge in [0.05, 0.1) is 11.3 Å². The average molecular weight is 240 g/mol. The Morgan fingerprint density at radius 3 is 2.53 bits per heavy atom. The first-order valence-electron chi connectivity index (χ1n) is 5.68. The van der Waals surface area contributed by atoms with Gasteiger partial charge in [-0.25, -0.2) is 5.48 Å². The zero-order valence-corrected chi connectivity index (χ0v) is 11.1. The number of hydrogen-bond donors (Lipinski definition) is 1. The molecule has 1 aromatic rings. The van der Waals surface area contributed by atoms with Gasteiger partial charge < -0.3 is 4.52 Å². The van der Waals surface area contributed by atoms with Gasteiger partial charge in [-0.2, -0.15) is 0 Å². The van der Waals surface area contributed by atoms with Crippen LogP contribution < -0.4 is 5.48 Å². The van der Waals surface area contributed by atoms with E-state index in [2.05, 4.69) is 10.6 Å². The summed E-state index contributed by atoms with van der Waals surface area (Å²) < 4.78 is 5.03. The van der Waals surface area contributed by atoms with E-state index in [1.54, 1.807) is 0 Å². The van der Waals surface area contributed by atoms with Crippen LogP contribution in [0.4, 0.5) is 0 Å². The molecule has 0 bridgehead atoms. The van der Waals surface area contributed by atoms with Crippen molar-refractivity contribution >= 4 is 5.91 Å². The lowest BCUT2D eigenvalue weighted by atomic mass is 10.1. The summed E-state index contributed by atoms with van der Waals surface area (Å²) in [4.78, 5) is 16.7. The largest absolute Gasteiger partial charge is 0.361 e. The van der Waals surface area contributed by atoms with Gasteiger partial charge in [-0.1, -0.05) is 5.16 Å². The Balaban J connectivity index is 2.39. The Labute approximate surface area is 101 Å². The van der Waals surface area contributed by atoms with Gasteiger partial charge in [-0.15, -0.1) is 0 Å². The molecule has 0 saturated carbocycles. The topological polar surface area (TPSA) is 64.4 Å². The van der Waals surface area contributed by atoms with E-state index in [1.807, 2.05) is 34.6 Å². The van der Waals surface area contributed by atoms with Crippen molar-refractivity contribution in [3.63, 3.8) is 0 Å². The van der Waals surface area contributed by atoms with E-state index in [-0.39, 0.29) is 11.5 Å². The molecule has 1 amide bonds. The van der Waals surface area contributed by atoms with Gasteiger partial charge >= 0.3 is 0 Å². The highest BCUT2D eigenvalue weighted by molar-refractivity contribution is 5.75. The highest BCUT2D eigenvalue weighted by Gasteiger charge is 2.14. The summed E-state index contributed by atoms with van der Waals surface area (Å²) in [5.41, 5.74) is 3.89. The van der Waals surface area contributed by atoms with E-state index in [4.69, 9.17) is 9.36 Å². The summed E-state index contributed by atoms with van der Waals surface area (Å²) in [5.74, 6) is 0.631. The minimum absolute atomic E-state index is 0.139. The fourth-order valence-corrected chi connectivity index (χ4v) is 1.36. The van der Waals surface area contributed by atoms with Crippen molar-refractivity contribution in [2.75, 3.05) is 0 Å². The minimum Gasteiger partial charge on any atom is -0.361 e. The van der Waals surface area contributed by atoms with Gasteiger partial charge in [0.1, 0.15) is 5.76 Å². The van der Waals surface area contributed by atoms with Crippen molar-refractivity contribution in [3.05, 3.63) is 17.0 Å². The van der Waals surface area contributed by atoms with E-state index in [0.29, 0.717) is 12.8 Å². The third kappa shape index (κ3) is 4.56. The lowest BCUT2D eigenvalue weighted by molar-refractivity contribution is -0.145. The number of carbonyl (C=O) groups excluding carboxylic acids is 1. The van der Waals surface area contributed by atoms with Crippen LogP contribution in [0.2, 0.25) is 0 Å². The van der Waals surface area contributed by atoms with E-state index in [0.717, 1.165) is 17.0 Å². The first-order valence-corrected chi connectivity index (χ1v) is 5.68. The van der Waals surface area contributed by atoms with Gasteiger partial charge in [0.2, 0.25) is 5.91 Å². The summed E-state index contributed by atoms with van der Waals surface area (Å²) in [6.45, 7) is 9.35. The van der Waals surface area contributed by atoms with E-state index in [1.165, 1.54) is 0 Å². The number of aromatic nitrogens is 1. The Hall–Kier alpha value is -1.36. The molecule has 0 aromatic carbocycles. The number of carbonyl (C=O) groups is 1. The fourth-order valence-electron chi connectivity index (χ4n) is 1.36. The molecule has 96 valence electrons. The predicted octanol–water partition coefficient (Wildman–Crippen LogP) is 2.07. The van der Waals surface area contributed by atoms with Gasteiger partial charge in [0, 0.05) is 12.0 Å². The Morgan fingerprint density at radius 2 is 2.06 bits per heavy atom. The molecule has 0 atom stereocenters. The quantitative estimate of drug-likeness (QED) is 0.818. The smallest absolute Gasteiger partial charge is 0.243 e. The van der Waals surface area contributed by atoms with Crippen LogP contribution in [0.5, 0.6) is 0 Å². The molecule has 0 aliphatic heterocycles. The van der Waals surface area contributed by atoms with E-state index < -0.39 is 0 Å². The summed E-state index contributed by atoms with van der Waals surface area (Å²) in [6.07, 6.45) is 0.972. The number of nitrogens with zero attached hydrogens (tertiary/aromatic N) is 1. The van der Waals surface area contributed by atoms with Crippen LogP contribution in [0.25, 0.3) is 0 Å². The molecule has 1 rings (SSSR count). The summed E-state index contributed by atoms with van der Waals surface area (Å²) in [7, 11) is 0. The van der Waals surface area contributed by atoms with Crippen molar-refractivity contribution in [3.8, 4) is 0 Å². The number of nitrogens with one attached hydrogen (secondary N) is 1. The van der Waals surface area contributed by atoms with Crippen LogP contribution >= 0.6 is 0 Å². The summed E-state index contributed by atoms with van der Waals surface area (Å²) in [5, 5.41) is 3.84. The molecule has 1 N–H and O–H groups in total. The third-order valence-electron chi connectivity index (χ3n) is 2.25. The second-order valence-corrected chi connectivity index (χ2v) is 5.04. The van der Waals surface area contributed by atoms with Crippen molar-refractivity contribution in [2.45, 2.75) is 53.1 Å². The first-order chi connectivity index (χ1) is 7.79. The molecule has 0 fully saturated rings. The molecule has 5 nitrogen and oxygen atoms in total. The van der Waals surface area contributed by atoms with Crippen molar-refractivity contribution in [1.82, 2.24) is 10.6 Å². The van der Waals surface area contributed by atoms with E-state index in [9.17, 15) is 4.79 Å². The highest BCUT2D eigenvalue weighted by Crippen LogP contribution is 2.14. The van der Waals surface area contributed by atoms with Crippen molar-refractivity contribution in [2.24, 2.45) is 0 Å². The lowest BCUT2D eigenvalue weighted by Gasteiger charge is -2.18. The molecule has 0 aliphatic rings. The number of amides is 1. The van der Waals surface area contributed by atoms with Crippen LogP contribution in [-0.4, -0.2) is 16.7 Å². The van der Waals surface area contributed by atoms with Gasteiger partial charge in [-0.3, -0.25) is 9.63 Å². The second-order valence-electron chi connectivity index (χ2n) is 5.04. The maximum atomic E-state index is 11.5.